The SMILES string of the molecule is Cc1ccc(-c2csc(NC(=O)CS(=O)(=O)c3c[nH]cc3-c3ccc(C)cc3)n2)cc1. The number of anilines is 1. The fraction of sp³-hybridized carbons (Fsp3) is 0.130. The quantitative estimate of drug-likeness (QED) is 0.439. The van der Waals surface area contributed by atoms with E-state index in [0.29, 0.717) is 10.7 Å². The molecule has 2 N–H and O–H groups in total. The molecule has 0 aliphatic heterocycles. The molecule has 31 heavy (non-hydrogen) atoms. The second-order valence-corrected chi connectivity index (χ2v) is 10.1. The number of aryl methyl sites for hydroxylation is 2. The standard InChI is InChI=1S/C23H21N3O3S2/c1-15-3-7-17(8-4-15)19-11-24-12-21(19)31(28,29)14-22(27)26-23-25-20(13-30-23)18-9-5-16(2)6-10-18/h3-13,24H,14H2,1-2H3,(H,25,26,27). The topological polar surface area (TPSA) is 91.9 Å². The van der Waals surface area contributed by atoms with Crippen molar-refractivity contribution < 1.29 is 13.2 Å². The van der Waals surface area contributed by atoms with Gasteiger partial charge in [-0.1, -0.05) is 59.7 Å². The molecule has 8 heteroatoms. The third-order valence-electron chi connectivity index (χ3n) is 4.82. The van der Waals surface area contributed by atoms with Crippen LogP contribution in [0, 0.1) is 13.8 Å². The smallest absolute Gasteiger partial charge is 0.241 e. The maximum atomic E-state index is 12.9. The van der Waals surface area contributed by atoms with Crippen molar-refractivity contribution in [3.8, 4) is 22.4 Å². The van der Waals surface area contributed by atoms with Crippen LogP contribution in [0.15, 0.2) is 71.2 Å². The Kier molecular flexibility index (Phi) is 5.75. The molecule has 6 nitrogen and oxygen atoms in total. The number of hydrogen-bond acceptors (Lipinski definition) is 5. The third-order valence-corrected chi connectivity index (χ3v) is 7.23. The maximum absolute atomic E-state index is 12.9. The summed E-state index contributed by atoms with van der Waals surface area (Å²) in [5.41, 5.74) is 5.21. The van der Waals surface area contributed by atoms with E-state index in [0.717, 1.165) is 27.9 Å². The van der Waals surface area contributed by atoms with Crippen LogP contribution < -0.4 is 5.32 Å². The average molecular weight is 452 g/mol. The van der Waals surface area contributed by atoms with Gasteiger partial charge < -0.3 is 10.3 Å². The second-order valence-electron chi connectivity index (χ2n) is 7.31. The lowest BCUT2D eigenvalue weighted by Crippen LogP contribution is -2.23. The lowest BCUT2D eigenvalue weighted by atomic mass is 10.1. The monoisotopic (exact) mass is 451 g/mol. The largest absolute Gasteiger partial charge is 0.366 e. The molecule has 158 valence electrons. The van der Waals surface area contributed by atoms with E-state index in [1.165, 1.54) is 17.5 Å². The van der Waals surface area contributed by atoms with Gasteiger partial charge in [0.05, 0.1) is 10.6 Å². The van der Waals surface area contributed by atoms with Gasteiger partial charge in [0, 0.05) is 28.9 Å². The normalized spacial score (nSPS) is 11.4. The van der Waals surface area contributed by atoms with Crippen LogP contribution in [-0.4, -0.2) is 30.0 Å². The predicted molar refractivity (Wildman–Crippen MR) is 124 cm³/mol. The Balaban J connectivity index is 1.48. The van der Waals surface area contributed by atoms with Crippen LogP contribution in [0.25, 0.3) is 22.4 Å². The van der Waals surface area contributed by atoms with Gasteiger partial charge in [-0.2, -0.15) is 0 Å². The summed E-state index contributed by atoms with van der Waals surface area (Å²) in [6.07, 6.45) is 3.04. The zero-order valence-corrected chi connectivity index (χ0v) is 18.7. The second kappa shape index (κ2) is 8.49. The molecule has 4 aromatic rings. The van der Waals surface area contributed by atoms with E-state index in [4.69, 9.17) is 0 Å². The van der Waals surface area contributed by atoms with Crippen molar-refractivity contribution >= 4 is 32.2 Å². The molecule has 0 aliphatic carbocycles. The van der Waals surface area contributed by atoms with E-state index < -0.39 is 21.5 Å². The highest BCUT2D eigenvalue weighted by Gasteiger charge is 2.24. The minimum absolute atomic E-state index is 0.103. The average Bonchev–Trinajstić information content (AvgIpc) is 3.39. The molecule has 2 aromatic carbocycles. The summed E-state index contributed by atoms with van der Waals surface area (Å²) in [5.74, 6) is -1.29. The molecule has 0 saturated heterocycles. The van der Waals surface area contributed by atoms with Gasteiger partial charge in [-0.05, 0) is 19.4 Å². The minimum Gasteiger partial charge on any atom is -0.366 e. The molecule has 2 aromatic heterocycles. The number of sulfone groups is 1. The zero-order chi connectivity index (χ0) is 22.0. The van der Waals surface area contributed by atoms with Crippen molar-refractivity contribution in [3.05, 3.63) is 77.4 Å². The lowest BCUT2D eigenvalue weighted by molar-refractivity contribution is -0.113. The predicted octanol–water partition coefficient (Wildman–Crippen LogP) is 4.83. The molecule has 2 heterocycles. The summed E-state index contributed by atoms with van der Waals surface area (Å²) in [4.78, 5) is 19.8. The van der Waals surface area contributed by atoms with Gasteiger partial charge in [-0.25, -0.2) is 13.4 Å². The third kappa shape index (κ3) is 4.76. The van der Waals surface area contributed by atoms with Gasteiger partial charge in [0.1, 0.15) is 5.75 Å². The molecule has 0 atom stereocenters. The fourth-order valence-corrected chi connectivity index (χ4v) is 5.23. The molecule has 4 rings (SSSR count). The van der Waals surface area contributed by atoms with Crippen molar-refractivity contribution in [1.82, 2.24) is 9.97 Å². The van der Waals surface area contributed by atoms with Crippen LogP contribution >= 0.6 is 11.3 Å². The molecular weight excluding hydrogens is 430 g/mol. The summed E-state index contributed by atoms with van der Waals surface area (Å²) >= 11 is 1.26. The number of carbonyl (C=O) groups excluding carboxylic acids is 1. The van der Waals surface area contributed by atoms with Gasteiger partial charge in [0.15, 0.2) is 15.0 Å². The molecule has 0 radical (unpaired) electrons. The number of thiazole rings is 1. The van der Waals surface area contributed by atoms with E-state index in [1.807, 2.05) is 67.8 Å². The van der Waals surface area contributed by atoms with Gasteiger partial charge in [0.2, 0.25) is 5.91 Å². The lowest BCUT2D eigenvalue weighted by Gasteiger charge is -2.07. The highest BCUT2D eigenvalue weighted by atomic mass is 32.2. The molecule has 0 unspecified atom stereocenters. The van der Waals surface area contributed by atoms with Gasteiger partial charge in [0.25, 0.3) is 0 Å². The number of rotatable bonds is 6. The van der Waals surface area contributed by atoms with E-state index in [2.05, 4.69) is 15.3 Å². The Morgan fingerprint density at radius 2 is 1.58 bits per heavy atom. The van der Waals surface area contributed by atoms with Crippen molar-refractivity contribution in [2.24, 2.45) is 0 Å². The van der Waals surface area contributed by atoms with E-state index in [-0.39, 0.29) is 4.90 Å². The highest BCUT2D eigenvalue weighted by molar-refractivity contribution is 7.92. The number of amides is 1. The van der Waals surface area contributed by atoms with Crippen LogP contribution in [-0.2, 0) is 14.6 Å². The van der Waals surface area contributed by atoms with Crippen LogP contribution in [0.5, 0.6) is 0 Å². The van der Waals surface area contributed by atoms with Gasteiger partial charge in [-0.15, -0.1) is 11.3 Å². The molecule has 0 bridgehead atoms. The number of hydrogen-bond donors (Lipinski definition) is 2. The summed E-state index contributed by atoms with van der Waals surface area (Å²) in [5, 5.41) is 4.80. The molecule has 0 aliphatic rings. The highest BCUT2D eigenvalue weighted by Crippen LogP contribution is 2.29. The summed E-state index contributed by atoms with van der Waals surface area (Å²) in [6.45, 7) is 3.97. The number of nitrogens with zero attached hydrogens (tertiary/aromatic N) is 1. The number of aromatic amines is 1. The Morgan fingerprint density at radius 3 is 2.23 bits per heavy atom. The molecule has 0 spiro atoms. The van der Waals surface area contributed by atoms with Crippen LogP contribution in [0.1, 0.15) is 11.1 Å². The minimum atomic E-state index is -3.84. The number of benzene rings is 2. The van der Waals surface area contributed by atoms with E-state index in [9.17, 15) is 13.2 Å². The van der Waals surface area contributed by atoms with Gasteiger partial charge >= 0.3 is 0 Å². The Labute approximate surface area is 184 Å². The van der Waals surface area contributed by atoms with Crippen molar-refractivity contribution in [3.63, 3.8) is 0 Å². The molecule has 0 saturated carbocycles. The van der Waals surface area contributed by atoms with E-state index in [1.54, 1.807) is 6.20 Å². The van der Waals surface area contributed by atoms with E-state index >= 15 is 0 Å². The fourth-order valence-electron chi connectivity index (χ4n) is 3.16. The van der Waals surface area contributed by atoms with Crippen molar-refractivity contribution in [2.75, 3.05) is 11.1 Å². The van der Waals surface area contributed by atoms with Crippen LogP contribution in [0.4, 0.5) is 5.13 Å². The van der Waals surface area contributed by atoms with Crippen molar-refractivity contribution in [1.29, 1.82) is 0 Å². The summed E-state index contributed by atoms with van der Waals surface area (Å²) in [6, 6.07) is 15.4. The number of carbonyl (C=O) groups is 1. The molecule has 0 fully saturated rings. The van der Waals surface area contributed by atoms with Crippen LogP contribution in [0.3, 0.4) is 0 Å². The Hall–Kier alpha value is -3.23. The Bertz CT molecular complexity index is 1320. The summed E-state index contributed by atoms with van der Waals surface area (Å²) < 4.78 is 25.8. The first kappa shape index (κ1) is 21.0. The summed E-state index contributed by atoms with van der Waals surface area (Å²) in [7, 11) is -3.84. The first-order chi connectivity index (χ1) is 14.8. The number of nitrogens with one attached hydrogen (secondary N) is 2. The Morgan fingerprint density at radius 1 is 0.968 bits per heavy atom. The van der Waals surface area contributed by atoms with Crippen LogP contribution in [0.2, 0.25) is 0 Å². The number of aromatic nitrogens is 2. The zero-order valence-electron chi connectivity index (χ0n) is 17.0. The maximum Gasteiger partial charge on any atom is 0.241 e. The first-order valence-electron chi connectivity index (χ1n) is 9.61. The number of H-pyrrole nitrogens is 1. The molecular formula is C23H21N3O3S2. The first-order valence-corrected chi connectivity index (χ1v) is 12.1. The van der Waals surface area contributed by atoms with Gasteiger partial charge in [-0.3, -0.25) is 4.79 Å². The van der Waals surface area contributed by atoms with Crippen molar-refractivity contribution in [2.45, 2.75) is 18.7 Å². The molecule has 1 amide bonds.